The Bertz CT molecular complexity index is 1170. The lowest BCUT2D eigenvalue weighted by atomic mass is 9.81. The number of methoxy groups -OCH3 is 1. The predicted octanol–water partition coefficient (Wildman–Crippen LogP) is 3.81. The third-order valence-electron chi connectivity index (χ3n) is 6.63. The molecule has 192 valence electrons. The SMILES string of the molecule is COc1ccnc(C(=O)NC2(C(=O)OC3CCc4cc(F)ccc4C3C)CC2)c1OC(=O)CCSC. The molecule has 36 heavy (non-hydrogen) atoms. The quantitative estimate of drug-likeness (QED) is 0.502. The fraction of sp³-hybridized carbons (Fsp3) is 0.462. The van der Waals surface area contributed by atoms with E-state index in [0.29, 0.717) is 31.4 Å². The number of rotatable bonds is 9. The van der Waals surface area contributed by atoms with Crippen LogP contribution in [0.1, 0.15) is 60.1 Å². The van der Waals surface area contributed by atoms with E-state index in [1.807, 2.05) is 13.2 Å². The lowest BCUT2D eigenvalue weighted by Gasteiger charge is -2.32. The van der Waals surface area contributed by atoms with Crippen LogP contribution in [0.5, 0.6) is 11.5 Å². The van der Waals surface area contributed by atoms with Gasteiger partial charge in [0.25, 0.3) is 5.91 Å². The van der Waals surface area contributed by atoms with Gasteiger partial charge in [0.1, 0.15) is 17.5 Å². The Balaban J connectivity index is 1.46. The van der Waals surface area contributed by atoms with Gasteiger partial charge in [-0.05, 0) is 55.2 Å². The van der Waals surface area contributed by atoms with Crippen molar-refractivity contribution < 1.29 is 33.0 Å². The van der Waals surface area contributed by atoms with Crippen molar-refractivity contribution in [3.8, 4) is 11.5 Å². The number of hydrogen-bond acceptors (Lipinski definition) is 8. The molecular formula is C26H29FN2O6S. The standard InChI is InChI=1S/C26H29FN2O6S/c1-15-18-6-5-17(27)14-16(18)4-7-19(15)34-25(32)26(10-11-26)29-24(31)22-23(20(33-2)8-12-28-22)35-21(30)9-13-36-3/h5-6,8,12,14-15,19H,4,7,9-11,13H2,1-3H3,(H,29,31). The van der Waals surface area contributed by atoms with Crippen molar-refractivity contribution in [3.63, 3.8) is 0 Å². The number of halogens is 1. The molecule has 8 nitrogen and oxygen atoms in total. The third kappa shape index (κ3) is 5.48. The van der Waals surface area contributed by atoms with Gasteiger partial charge in [-0.15, -0.1) is 0 Å². The second-order valence-electron chi connectivity index (χ2n) is 9.06. The Labute approximate surface area is 213 Å². The molecule has 4 rings (SSSR count). The molecule has 2 aliphatic rings. The summed E-state index contributed by atoms with van der Waals surface area (Å²) >= 11 is 1.50. The van der Waals surface area contributed by atoms with Crippen molar-refractivity contribution >= 4 is 29.6 Å². The average molecular weight is 517 g/mol. The van der Waals surface area contributed by atoms with Gasteiger partial charge in [0, 0.05) is 23.9 Å². The van der Waals surface area contributed by atoms with E-state index in [1.54, 1.807) is 6.07 Å². The Morgan fingerprint density at radius 3 is 2.72 bits per heavy atom. The Kier molecular flexibility index (Phi) is 7.82. The second kappa shape index (κ2) is 10.9. The molecule has 2 unspecified atom stereocenters. The minimum atomic E-state index is -1.16. The molecule has 0 spiro atoms. The molecule has 1 aromatic heterocycles. The lowest BCUT2D eigenvalue weighted by Crippen LogP contribution is -2.46. The number of benzene rings is 1. The number of carbonyl (C=O) groups excluding carboxylic acids is 3. The zero-order valence-corrected chi connectivity index (χ0v) is 21.3. The topological polar surface area (TPSA) is 104 Å². The first kappa shape index (κ1) is 25.9. The summed E-state index contributed by atoms with van der Waals surface area (Å²) < 4.78 is 30.1. The molecule has 1 fully saturated rings. The number of esters is 2. The normalized spacial score (nSPS) is 19.6. The lowest BCUT2D eigenvalue weighted by molar-refractivity contribution is -0.154. The summed E-state index contributed by atoms with van der Waals surface area (Å²) in [6.07, 6.45) is 5.04. The van der Waals surface area contributed by atoms with E-state index in [-0.39, 0.29) is 41.5 Å². The first-order valence-electron chi connectivity index (χ1n) is 11.8. The van der Waals surface area contributed by atoms with Crippen LogP contribution in [0.4, 0.5) is 4.39 Å². The Hall–Kier alpha value is -3.14. The minimum absolute atomic E-state index is 0.0856. The van der Waals surface area contributed by atoms with Crippen LogP contribution in [0.3, 0.4) is 0 Å². The van der Waals surface area contributed by atoms with Gasteiger partial charge < -0.3 is 19.5 Å². The minimum Gasteiger partial charge on any atom is -0.493 e. The first-order valence-corrected chi connectivity index (χ1v) is 13.2. The summed E-state index contributed by atoms with van der Waals surface area (Å²) in [5.41, 5.74) is 0.578. The van der Waals surface area contributed by atoms with Crippen LogP contribution in [-0.4, -0.2) is 53.6 Å². The van der Waals surface area contributed by atoms with Crippen molar-refractivity contribution in [1.82, 2.24) is 10.3 Å². The average Bonchev–Trinajstić information content (AvgIpc) is 3.65. The number of pyridine rings is 1. The molecule has 1 heterocycles. The van der Waals surface area contributed by atoms with Crippen LogP contribution in [0, 0.1) is 5.82 Å². The fourth-order valence-corrected chi connectivity index (χ4v) is 4.75. The molecule has 1 amide bonds. The van der Waals surface area contributed by atoms with E-state index in [9.17, 15) is 18.8 Å². The summed E-state index contributed by atoms with van der Waals surface area (Å²) in [6, 6.07) is 6.16. The van der Waals surface area contributed by atoms with E-state index in [1.165, 1.54) is 43.3 Å². The number of carbonyl (C=O) groups is 3. The number of aromatic nitrogens is 1. The van der Waals surface area contributed by atoms with Crippen molar-refractivity contribution in [2.75, 3.05) is 19.1 Å². The van der Waals surface area contributed by atoms with Crippen LogP contribution in [0.2, 0.25) is 0 Å². The fourth-order valence-electron chi connectivity index (χ4n) is 4.38. The number of thioether (sulfide) groups is 1. The van der Waals surface area contributed by atoms with Crippen LogP contribution in [-0.2, 0) is 20.7 Å². The highest BCUT2D eigenvalue weighted by molar-refractivity contribution is 7.98. The van der Waals surface area contributed by atoms with Gasteiger partial charge in [0.05, 0.1) is 13.5 Å². The molecule has 2 atom stereocenters. The van der Waals surface area contributed by atoms with Gasteiger partial charge in [-0.2, -0.15) is 11.8 Å². The Morgan fingerprint density at radius 1 is 1.25 bits per heavy atom. The molecule has 0 saturated heterocycles. The van der Waals surface area contributed by atoms with Gasteiger partial charge >= 0.3 is 11.9 Å². The number of ether oxygens (including phenoxy) is 3. The smallest absolute Gasteiger partial charge is 0.332 e. The highest BCUT2D eigenvalue weighted by Crippen LogP contribution is 2.41. The van der Waals surface area contributed by atoms with Crippen LogP contribution >= 0.6 is 11.8 Å². The van der Waals surface area contributed by atoms with Gasteiger partial charge in [-0.3, -0.25) is 9.59 Å². The molecule has 1 saturated carbocycles. The summed E-state index contributed by atoms with van der Waals surface area (Å²) in [5.74, 6) is -1.40. The number of hydrogen-bond donors (Lipinski definition) is 1. The summed E-state index contributed by atoms with van der Waals surface area (Å²) in [6.45, 7) is 1.95. The van der Waals surface area contributed by atoms with Crippen LogP contribution < -0.4 is 14.8 Å². The second-order valence-corrected chi connectivity index (χ2v) is 10.0. The number of aryl methyl sites for hydroxylation is 1. The van der Waals surface area contributed by atoms with E-state index >= 15 is 0 Å². The summed E-state index contributed by atoms with van der Waals surface area (Å²) in [5, 5.41) is 2.75. The highest BCUT2D eigenvalue weighted by Gasteiger charge is 2.54. The largest absolute Gasteiger partial charge is 0.493 e. The number of amides is 1. The van der Waals surface area contributed by atoms with E-state index in [2.05, 4.69) is 10.3 Å². The number of fused-ring (bicyclic) bond motifs is 1. The molecule has 0 aliphatic heterocycles. The van der Waals surface area contributed by atoms with Crippen LogP contribution in [0.15, 0.2) is 30.5 Å². The molecular weight excluding hydrogens is 487 g/mol. The van der Waals surface area contributed by atoms with Gasteiger partial charge in [0.2, 0.25) is 5.75 Å². The van der Waals surface area contributed by atoms with Crippen molar-refractivity contribution in [1.29, 1.82) is 0 Å². The highest BCUT2D eigenvalue weighted by atomic mass is 32.2. The number of nitrogens with zero attached hydrogens (tertiary/aromatic N) is 1. The third-order valence-corrected chi connectivity index (χ3v) is 7.25. The van der Waals surface area contributed by atoms with E-state index < -0.39 is 23.4 Å². The van der Waals surface area contributed by atoms with Gasteiger partial charge in [0.15, 0.2) is 11.4 Å². The molecule has 10 heteroatoms. The molecule has 2 aliphatic carbocycles. The summed E-state index contributed by atoms with van der Waals surface area (Å²) in [7, 11) is 1.40. The van der Waals surface area contributed by atoms with Gasteiger partial charge in [-0.1, -0.05) is 13.0 Å². The van der Waals surface area contributed by atoms with Crippen molar-refractivity contribution in [3.05, 3.63) is 53.1 Å². The van der Waals surface area contributed by atoms with Crippen molar-refractivity contribution in [2.24, 2.45) is 0 Å². The Morgan fingerprint density at radius 2 is 2.03 bits per heavy atom. The zero-order valence-electron chi connectivity index (χ0n) is 20.5. The molecule has 0 bridgehead atoms. The maximum absolute atomic E-state index is 13.6. The van der Waals surface area contributed by atoms with Crippen molar-refractivity contribution in [2.45, 2.75) is 56.6 Å². The molecule has 1 aromatic carbocycles. The molecule has 1 N–H and O–H groups in total. The van der Waals surface area contributed by atoms with E-state index in [4.69, 9.17) is 14.2 Å². The molecule has 2 aromatic rings. The molecule has 0 radical (unpaired) electrons. The zero-order chi connectivity index (χ0) is 25.9. The monoisotopic (exact) mass is 516 g/mol. The maximum Gasteiger partial charge on any atom is 0.332 e. The summed E-state index contributed by atoms with van der Waals surface area (Å²) in [4.78, 5) is 42.6. The van der Waals surface area contributed by atoms with Crippen LogP contribution in [0.25, 0.3) is 0 Å². The van der Waals surface area contributed by atoms with Gasteiger partial charge in [-0.25, -0.2) is 14.2 Å². The maximum atomic E-state index is 13.6. The van der Waals surface area contributed by atoms with E-state index in [0.717, 1.165) is 11.1 Å². The number of nitrogens with one attached hydrogen (secondary N) is 1. The predicted molar refractivity (Wildman–Crippen MR) is 132 cm³/mol. The first-order chi connectivity index (χ1) is 17.3.